The number of thioether (sulfide) groups is 1. The summed E-state index contributed by atoms with van der Waals surface area (Å²) in [4.78, 5) is 8.24. The second-order valence-corrected chi connectivity index (χ2v) is 3.82. The van der Waals surface area contributed by atoms with Crippen LogP contribution in [0.4, 0.5) is 0 Å². The molecule has 2 aromatic heterocycles. The van der Waals surface area contributed by atoms with Gasteiger partial charge in [0.2, 0.25) is 0 Å². The van der Waals surface area contributed by atoms with Crippen molar-refractivity contribution in [2.45, 2.75) is 5.03 Å². The summed E-state index contributed by atoms with van der Waals surface area (Å²) in [6.45, 7) is 0. The lowest BCUT2D eigenvalue weighted by atomic mass is 10.6. The van der Waals surface area contributed by atoms with E-state index in [1.807, 2.05) is 16.9 Å². The van der Waals surface area contributed by atoms with Crippen LogP contribution >= 0.6 is 27.7 Å². The van der Waals surface area contributed by atoms with Gasteiger partial charge in [-0.05, 0) is 22.2 Å². The van der Waals surface area contributed by atoms with Crippen LogP contribution in [0.2, 0.25) is 0 Å². The normalized spacial score (nSPS) is 10.8. The molecule has 0 saturated heterocycles. The highest BCUT2D eigenvalue weighted by molar-refractivity contribution is 9.10. The van der Waals surface area contributed by atoms with E-state index < -0.39 is 0 Å². The summed E-state index contributed by atoms with van der Waals surface area (Å²) in [6.07, 6.45) is 7.41. The molecule has 0 aliphatic carbocycles. The molecular formula is C7H6BrN3S. The Balaban J connectivity index is 2.82. The van der Waals surface area contributed by atoms with Crippen molar-refractivity contribution in [3.8, 4) is 0 Å². The fourth-order valence-corrected chi connectivity index (χ4v) is 1.91. The van der Waals surface area contributed by atoms with Gasteiger partial charge in [-0.25, -0.2) is 9.97 Å². The molecule has 2 aromatic rings. The number of fused-ring (bicyclic) bond motifs is 1. The van der Waals surface area contributed by atoms with E-state index in [1.54, 1.807) is 24.3 Å². The number of aromatic nitrogens is 3. The Labute approximate surface area is 82.3 Å². The highest BCUT2D eigenvalue weighted by Crippen LogP contribution is 2.20. The minimum Gasteiger partial charge on any atom is -0.290 e. The third kappa shape index (κ3) is 1.13. The van der Waals surface area contributed by atoms with E-state index in [2.05, 4.69) is 25.9 Å². The average molecular weight is 244 g/mol. The molecule has 2 rings (SSSR count). The molecule has 62 valence electrons. The minimum absolute atomic E-state index is 0.831. The lowest BCUT2D eigenvalue weighted by molar-refractivity contribution is 0.966. The molecule has 2 heterocycles. The quantitative estimate of drug-likeness (QED) is 0.720. The zero-order chi connectivity index (χ0) is 8.55. The Bertz CT molecular complexity index is 412. The Morgan fingerprint density at radius 3 is 3.08 bits per heavy atom. The van der Waals surface area contributed by atoms with Crippen molar-refractivity contribution >= 4 is 33.2 Å². The van der Waals surface area contributed by atoms with Crippen LogP contribution < -0.4 is 0 Å². The third-order valence-electron chi connectivity index (χ3n) is 1.58. The van der Waals surface area contributed by atoms with Crippen molar-refractivity contribution in [3.05, 3.63) is 23.3 Å². The maximum Gasteiger partial charge on any atom is 0.131 e. The van der Waals surface area contributed by atoms with Gasteiger partial charge in [0.1, 0.15) is 10.9 Å². The summed E-state index contributed by atoms with van der Waals surface area (Å²) >= 11 is 5.01. The highest BCUT2D eigenvalue weighted by Gasteiger charge is 2.03. The van der Waals surface area contributed by atoms with E-state index in [0.717, 1.165) is 15.1 Å². The van der Waals surface area contributed by atoms with Gasteiger partial charge in [-0.2, -0.15) is 0 Å². The summed E-state index contributed by atoms with van der Waals surface area (Å²) in [6, 6.07) is 0. The Hall–Kier alpha value is -0.550. The molecule has 5 heteroatoms. The molecule has 0 N–H and O–H groups in total. The van der Waals surface area contributed by atoms with Crippen molar-refractivity contribution in [1.82, 2.24) is 14.4 Å². The summed E-state index contributed by atoms with van der Waals surface area (Å²) in [5.41, 5.74) is 1.00. The molecule has 3 nitrogen and oxygen atoms in total. The van der Waals surface area contributed by atoms with E-state index in [9.17, 15) is 0 Å². The lowest BCUT2D eigenvalue weighted by Gasteiger charge is -2.01. The predicted molar refractivity (Wildman–Crippen MR) is 52.5 cm³/mol. The number of imidazole rings is 1. The second kappa shape index (κ2) is 3.06. The van der Waals surface area contributed by atoms with Crippen LogP contribution in [0.3, 0.4) is 0 Å². The van der Waals surface area contributed by atoms with E-state index in [0.29, 0.717) is 0 Å². The molecule has 0 spiro atoms. The smallest absolute Gasteiger partial charge is 0.131 e. The molecule has 0 saturated carbocycles. The van der Waals surface area contributed by atoms with E-state index in [1.165, 1.54) is 0 Å². The van der Waals surface area contributed by atoms with Crippen molar-refractivity contribution in [2.24, 2.45) is 0 Å². The van der Waals surface area contributed by atoms with Gasteiger partial charge in [0.15, 0.2) is 0 Å². The van der Waals surface area contributed by atoms with Gasteiger partial charge >= 0.3 is 0 Å². The first-order valence-electron chi connectivity index (χ1n) is 3.33. The summed E-state index contributed by atoms with van der Waals surface area (Å²) in [5, 5.41) is 1.09. The molecule has 0 bridgehead atoms. The minimum atomic E-state index is 0.831. The lowest BCUT2D eigenvalue weighted by Crippen LogP contribution is -1.90. The maximum atomic E-state index is 4.19. The molecule has 0 radical (unpaired) electrons. The predicted octanol–water partition coefficient (Wildman–Crippen LogP) is 2.21. The maximum absolute atomic E-state index is 4.19. The zero-order valence-electron chi connectivity index (χ0n) is 6.36. The van der Waals surface area contributed by atoms with Crippen LogP contribution in [-0.2, 0) is 0 Å². The Morgan fingerprint density at radius 1 is 1.50 bits per heavy atom. The summed E-state index contributed by atoms with van der Waals surface area (Å²) in [5.74, 6) is 0. The Kier molecular flexibility index (Phi) is 2.06. The molecule has 0 amide bonds. The van der Waals surface area contributed by atoms with Crippen LogP contribution in [0, 0.1) is 0 Å². The molecule has 0 aliphatic rings. The Morgan fingerprint density at radius 2 is 2.33 bits per heavy atom. The third-order valence-corrected chi connectivity index (χ3v) is 2.92. The second-order valence-electron chi connectivity index (χ2n) is 2.24. The average Bonchev–Trinajstić information content (AvgIpc) is 2.54. The van der Waals surface area contributed by atoms with Crippen molar-refractivity contribution in [3.63, 3.8) is 0 Å². The molecular weight excluding hydrogens is 238 g/mol. The summed E-state index contributed by atoms with van der Waals surface area (Å²) in [7, 11) is 0. The van der Waals surface area contributed by atoms with Crippen LogP contribution in [0.1, 0.15) is 0 Å². The molecule has 0 aromatic carbocycles. The molecule has 12 heavy (non-hydrogen) atoms. The molecule has 0 fully saturated rings. The van der Waals surface area contributed by atoms with Gasteiger partial charge in [0.05, 0.1) is 22.9 Å². The number of nitrogens with zero attached hydrogens (tertiary/aromatic N) is 3. The van der Waals surface area contributed by atoms with E-state index in [4.69, 9.17) is 0 Å². The van der Waals surface area contributed by atoms with Crippen LogP contribution in [0.25, 0.3) is 5.52 Å². The first-order valence-corrected chi connectivity index (χ1v) is 5.35. The van der Waals surface area contributed by atoms with Gasteiger partial charge < -0.3 is 0 Å². The molecule has 0 aliphatic heterocycles. The first kappa shape index (κ1) is 8.07. The van der Waals surface area contributed by atoms with Crippen molar-refractivity contribution in [1.29, 1.82) is 0 Å². The SMILES string of the molecule is CSc1cnc(Br)c2cncn12. The van der Waals surface area contributed by atoms with Gasteiger partial charge in [-0.15, -0.1) is 11.8 Å². The van der Waals surface area contributed by atoms with Gasteiger partial charge in [0, 0.05) is 0 Å². The van der Waals surface area contributed by atoms with Crippen molar-refractivity contribution in [2.75, 3.05) is 6.26 Å². The van der Waals surface area contributed by atoms with Gasteiger partial charge in [-0.1, -0.05) is 0 Å². The van der Waals surface area contributed by atoms with E-state index in [-0.39, 0.29) is 0 Å². The van der Waals surface area contributed by atoms with Crippen molar-refractivity contribution < 1.29 is 0 Å². The van der Waals surface area contributed by atoms with Crippen LogP contribution in [-0.4, -0.2) is 20.6 Å². The summed E-state index contributed by atoms with van der Waals surface area (Å²) < 4.78 is 2.83. The van der Waals surface area contributed by atoms with Gasteiger partial charge in [-0.3, -0.25) is 4.40 Å². The van der Waals surface area contributed by atoms with Crippen LogP contribution in [0.5, 0.6) is 0 Å². The number of hydrogen-bond donors (Lipinski definition) is 0. The largest absolute Gasteiger partial charge is 0.290 e. The van der Waals surface area contributed by atoms with Crippen LogP contribution in [0.15, 0.2) is 28.4 Å². The highest BCUT2D eigenvalue weighted by atomic mass is 79.9. The fourth-order valence-electron chi connectivity index (χ4n) is 1.01. The number of hydrogen-bond acceptors (Lipinski definition) is 3. The monoisotopic (exact) mass is 243 g/mol. The topological polar surface area (TPSA) is 30.2 Å². The number of rotatable bonds is 1. The van der Waals surface area contributed by atoms with Gasteiger partial charge in [0.25, 0.3) is 0 Å². The zero-order valence-corrected chi connectivity index (χ0v) is 8.76. The number of halogens is 1. The van der Waals surface area contributed by atoms with E-state index >= 15 is 0 Å². The standard InChI is InChI=1S/C7H6BrN3S/c1-12-6-3-10-7(8)5-2-9-4-11(5)6/h2-4H,1H3. The first-order chi connectivity index (χ1) is 5.83. The fraction of sp³-hybridized carbons (Fsp3) is 0.143. The molecule has 0 unspecified atom stereocenters. The molecule has 0 atom stereocenters.